The third-order valence-electron chi connectivity index (χ3n) is 4.12. The van der Waals surface area contributed by atoms with E-state index < -0.39 is 17.2 Å². The van der Waals surface area contributed by atoms with E-state index in [2.05, 4.69) is 0 Å². The van der Waals surface area contributed by atoms with E-state index in [4.69, 9.17) is 16.3 Å². The van der Waals surface area contributed by atoms with Gasteiger partial charge in [0.15, 0.2) is 0 Å². The van der Waals surface area contributed by atoms with Gasteiger partial charge in [-0.15, -0.1) is 0 Å². The molecule has 0 aliphatic heterocycles. The summed E-state index contributed by atoms with van der Waals surface area (Å²) in [6, 6.07) is 14.8. The number of aromatic nitrogens is 2. The first-order valence-electron chi connectivity index (χ1n) is 8.38. The van der Waals surface area contributed by atoms with E-state index in [9.17, 15) is 14.4 Å². The summed E-state index contributed by atoms with van der Waals surface area (Å²) in [5.41, 5.74) is 1.13. The van der Waals surface area contributed by atoms with Crippen LogP contribution in [0.3, 0.4) is 0 Å². The van der Waals surface area contributed by atoms with Crippen LogP contribution in [0.4, 0.5) is 0 Å². The topological polar surface area (TPSA) is 70.3 Å². The zero-order valence-corrected chi connectivity index (χ0v) is 16.0. The Kier molecular flexibility index (Phi) is 5.61. The molecule has 7 heteroatoms. The largest absolute Gasteiger partial charge is 0.422 e. The van der Waals surface area contributed by atoms with Crippen LogP contribution in [0.15, 0.2) is 70.4 Å². The van der Waals surface area contributed by atoms with Crippen molar-refractivity contribution in [2.45, 2.75) is 0 Å². The van der Waals surface area contributed by atoms with Gasteiger partial charge in [0.1, 0.15) is 5.75 Å². The number of carbonyl (C=O) groups is 1. The van der Waals surface area contributed by atoms with Gasteiger partial charge in [0.2, 0.25) is 0 Å². The lowest BCUT2D eigenvalue weighted by atomic mass is 10.1. The SMILES string of the molecule is Cn1cc(/C=C/C(=O)Oc2ccc(-c3ccccc3)cc2Cl)c(=O)n(C)c1=O. The molecule has 28 heavy (non-hydrogen) atoms. The molecule has 0 amide bonds. The molecular weight excluding hydrogens is 380 g/mol. The molecule has 6 nitrogen and oxygen atoms in total. The average Bonchev–Trinajstić information content (AvgIpc) is 2.70. The van der Waals surface area contributed by atoms with Crippen LogP contribution in [0.25, 0.3) is 17.2 Å². The fourth-order valence-electron chi connectivity index (χ4n) is 2.64. The maximum atomic E-state index is 12.1. The fraction of sp³-hybridized carbons (Fsp3) is 0.0952. The molecule has 0 aliphatic carbocycles. The number of nitrogens with zero attached hydrogens (tertiary/aromatic N) is 2. The Morgan fingerprint density at radius 2 is 1.75 bits per heavy atom. The third kappa shape index (κ3) is 4.13. The zero-order valence-electron chi connectivity index (χ0n) is 15.3. The first-order chi connectivity index (χ1) is 13.4. The van der Waals surface area contributed by atoms with Crippen LogP contribution in [-0.4, -0.2) is 15.1 Å². The molecule has 0 radical (unpaired) electrons. The number of carbonyl (C=O) groups excluding carboxylic acids is 1. The number of hydrogen-bond acceptors (Lipinski definition) is 4. The van der Waals surface area contributed by atoms with Gasteiger partial charge in [-0.05, 0) is 29.3 Å². The second kappa shape index (κ2) is 8.10. The summed E-state index contributed by atoms with van der Waals surface area (Å²) in [5, 5.41) is 0.293. The first-order valence-corrected chi connectivity index (χ1v) is 8.76. The van der Waals surface area contributed by atoms with Crippen molar-refractivity contribution in [1.29, 1.82) is 0 Å². The lowest BCUT2D eigenvalue weighted by molar-refractivity contribution is -0.128. The van der Waals surface area contributed by atoms with Gasteiger partial charge >= 0.3 is 11.7 Å². The van der Waals surface area contributed by atoms with Gasteiger partial charge in [-0.25, -0.2) is 9.59 Å². The number of rotatable bonds is 4. The number of halogens is 1. The zero-order chi connectivity index (χ0) is 20.3. The molecule has 3 aromatic rings. The summed E-state index contributed by atoms with van der Waals surface area (Å²) >= 11 is 6.23. The summed E-state index contributed by atoms with van der Waals surface area (Å²) < 4.78 is 7.46. The average molecular weight is 397 g/mol. The summed E-state index contributed by atoms with van der Waals surface area (Å²) in [5.74, 6) is -0.477. The van der Waals surface area contributed by atoms with E-state index in [0.717, 1.165) is 21.8 Å². The van der Waals surface area contributed by atoms with E-state index in [1.54, 1.807) is 18.2 Å². The summed E-state index contributed by atoms with van der Waals surface area (Å²) in [6.07, 6.45) is 3.77. The Labute approximate surface area is 165 Å². The van der Waals surface area contributed by atoms with Gasteiger partial charge in [-0.2, -0.15) is 0 Å². The second-order valence-electron chi connectivity index (χ2n) is 6.11. The molecule has 0 N–H and O–H groups in total. The first kappa shape index (κ1) is 19.4. The summed E-state index contributed by atoms with van der Waals surface area (Å²) in [4.78, 5) is 35.8. The van der Waals surface area contributed by atoms with Gasteiger partial charge in [0.25, 0.3) is 5.56 Å². The third-order valence-corrected chi connectivity index (χ3v) is 4.42. The van der Waals surface area contributed by atoms with Crippen LogP contribution in [0.1, 0.15) is 5.56 Å². The molecule has 1 aromatic heterocycles. The predicted octanol–water partition coefficient (Wildman–Crippen LogP) is 3.02. The van der Waals surface area contributed by atoms with E-state index in [1.165, 1.54) is 30.9 Å². The van der Waals surface area contributed by atoms with Crippen molar-refractivity contribution in [3.63, 3.8) is 0 Å². The predicted molar refractivity (Wildman–Crippen MR) is 108 cm³/mol. The van der Waals surface area contributed by atoms with E-state index in [0.29, 0.717) is 5.02 Å². The van der Waals surface area contributed by atoms with Gasteiger partial charge in [-0.3, -0.25) is 9.36 Å². The number of ether oxygens (including phenoxy) is 1. The number of hydrogen-bond donors (Lipinski definition) is 0. The molecule has 142 valence electrons. The van der Waals surface area contributed by atoms with Crippen LogP contribution < -0.4 is 16.0 Å². The van der Waals surface area contributed by atoms with Crippen LogP contribution >= 0.6 is 11.6 Å². The maximum absolute atomic E-state index is 12.1. The molecule has 3 rings (SSSR count). The van der Waals surface area contributed by atoms with Crippen molar-refractivity contribution in [1.82, 2.24) is 9.13 Å². The highest BCUT2D eigenvalue weighted by molar-refractivity contribution is 6.32. The Balaban J connectivity index is 1.78. The van der Waals surface area contributed by atoms with Crippen LogP contribution in [0.5, 0.6) is 5.75 Å². The number of aryl methyl sites for hydroxylation is 1. The normalized spacial score (nSPS) is 11.0. The van der Waals surface area contributed by atoms with E-state index in [-0.39, 0.29) is 11.3 Å². The highest BCUT2D eigenvalue weighted by atomic mass is 35.5. The smallest absolute Gasteiger partial charge is 0.336 e. The van der Waals surface area contributed by atoms with Crippen molar-refractivity contribution in [3.05, 3.63) is 92.2 Å². The van der Waals surface area contributed by atoms with Gasteiger partial charge in [0, 0.05) is 26.4 Å². The number of benzene rings is 2. The maximum Gasteiger partial charge on any atom is 0.336 e. The second-order valence-corrected chi connectivity index (χ2v) is 6.51. The molecule has 0 spiro atoms. The Bertz CT molecular complexity index is 1180. The standard InChI is InChI=1S/C21H17ClN2O4/c1-23-13-16(20(26)24(2)21(23)27)9-11-19(25)28-18-10-8-15(12-17(18)22)14-6-4-3-5-7-14/h3-13H,1-2H3/b11-9+. The molecule has 1 heterocycles. The van der Waals surface area contributed by atoms with Crippen molar-refractivity contribution in [2.75, 3.05) is 0 Å². The highest BCUT2D eigenvalue weighted by Crippen LogP contribution is 2.30. The molecule has 0 saturated heterocycles. The molecule has 0 atom stereocenters. The van der Waals surface area contributed by atoms with Crippen molar-refractivity contribution >= 4 is 23.6 Å². The molecule has 0 saturated carbocycles. The lowest BCUT2D eigenvalue weighted by Gasteiger charge is -2.07. The molecule has 0 bridgehead atoms. The highest BCUT2D eigenvalue weighted by Gasteiger charge is 2.09. The van der Waals surface area contributed by atoms with Crippen LogP contribution in [0, 0.1) is 0 Å². The molecule has 0 fully saturated rings. The number of esters is 1. The Morgan fingerprint density at radius 1 is 1.04 bits per heavy atom. The fourth-order valence-corrected chi connectivity index (χ4v) is 2.86. The minimum atomic E-state index is -0.690. The van der Waals surface area contributed by atoms with Gasteiger partial charge in [-0.1, -0.05) is 48.0 Å². The van der Waals surface area contributed by atoms with E-state index in [1.807, 2.05) is 30.3 Å². The summed E-state index contributed by atoms with van der Waals surface area (Å²) in [6.45, 7) is 0. The van der Waals surface area contributed by atoms with Crippen molar-refractivity contribution < 1.29 is 9.53 Å². The van der Waals surface area contributed by atoms with Crippen molar-refractivity contribution in [3.8, 4) is 16.9 Å². The Hall–Kier alpha value is -3.38. The monoisotopic (exact) mass is 396 g/mol. The van der Waals surface area contributed by atoms with E-state index >= 15 is 0 Å². The molecule has 2 aromatic carbocycles. The van der Waals surface area contributed by atoms with Gasteiger partial charge in [0.05, 0.1) is 10.6 Å². The molecule has 0 unspecified atom stereocenters. The van der Waals surface area contributed by atoms with Crippen molar-refractivity contribution in [2.24, 2.45) is 14.1 Å². The summed E-state index contributed by atoms with van der Waals surface area (Å²) in [7, 11) is 2.89. The van der Waals surface area contributed by atoms with Crippen LogP contribution in [-0.2, 0) is 18.9 Å². The minimum Gasteiger partial charge on any atom is -0.422 e. The van der Waals surface area contributed by atoms with Gasteiger partial charge < -0.3 is 9.30 Å². The quantitative estimate of drug-likeness (QED) is 0.386. The lowest BCUT2D eigenvalue weighted by Crippen LogP contribution is -2.37. The molecule has 0 aliphatic rings. The molecular formula is C21H17ClN2O4. The Morgan fingerprint density at radius 3 is 2.43 bits per heavy atom. The van der Waals surface area contributed by atoms with Crippen LogP contribution in [0.2, 0.25) is 5.02 Å². The minimum absolute atomic E-state index is 0.187.